The van der Waals surface area contributed by atoms with Crippen molar-refractivity contribution in [3.05, 3.63) is 96.2 Å². The van der Waals surface area contributed by atoms with E-state index in [4.69, 9.17) is 9.26 Å². The van der Waals surface area contributed by atoms with Gasteiger partial charge in [-0.15, -0.1) is 0 Å². The Bertz CT molecular complexity index is 1630. The number of nitrogens with one attached hydrogen (secondary N) is 2. The SMILES string of the molecule is CC(OC(=O)Nc1cnoc1-c1ccc(-c2cc3ccc(C4(C(=O)O)CC4)cc3[nH]2)cc1)c1ccccc1. The second-order valence-electron chi connectivity index (χ2n) is 9.60. The summed E-state index contributed by atoms with van der Waals surface area (Å²) >= 11 is 0. The molecule has 6 rings (SSSR count). The Balaban J connectivity index is 1.18. The van der Waals surface area contributed by atoms with Crippen LogP contribution in [0.15, 0.2) is 89.6 Å². The van der Waals surface area contributed by atoms with Crippen molar-refractivity contribution in [1.29, 1.82) is 0 Å². The average Bonchev–Trinajstić information content (AvgIpc) is 3.44. The number of anilines is 1. The molecule has 5 aromatic rings. The van der Waals surface area contributed by atoms with E-state index in [2.05, 4.69) is 15.5 Å². The van der Waals surface area contributed by atoms with Gasteiger partial charge >= 0.3 is 12.1 Å². The summed E-state index contributed by atoms with van der Waals surface area (Å²) in [5.41, 5.74) is 4.92. The second kappa shape index (κ2) is 9.23. The summed E-state index contributed by atoms with van der Waals surface area (Å²) in [5, 5.41) is 17.2. The maximum atomic E-state index is 12.5. The van der Waals surface area contributed by atoms with Gasteiger partial charge in [-0.1, -0.05) is 71.9 Å². The molecule has 1 unspecified atom stereocenters. The first-order valence-electron chi connectivity index (χ1n) is 12.4. The minimum absolute atomic E-state index is 0.411. The smallest absolute Gasteiger partial charge is 0.412 e. The second-order valence-corrected chi connectivity index (χ2v) is 9.60. The number of hydrogen-bond acceptors (Lipinski definition) is 5. The van der Waals surface area contributed by atoms with Gasteiger partial charge < -0.3 is 19.4 Å². The number of rotatable bonds is 7. The van der Waals surface area contributed by atoms with Crippen LogP contribution in [-0.4, -0.2) is 27.3 Å². The van der Waals surface area contributed by atoms with Gasteiger partial charge in [0, 0.05) is 22.2 Å². The number of hydrogen-bond donors (Lipinski definition) is 3. The highest BCUT2D eigenvalue weighted by atomic mass is 16.6. The van der Waals surface area contributed by atoms with Crippen LogP contribution in [0.5, 0.6) is 0 Å². The van der Waals surface area contributed by atoms with Crippen LogP contribution in [0, 0.1) is 0 Å². The number of fused-ring (bicyclic) bond motifs is 1. The maximum absolute atomic E-state index is 12.5. The molecular weight excluding hydrogens is 482 g/mol. The average molecular weight is 508 g/mol. The number of ether oxygens (including phenoxy) is 1. The number of H-pyrrole nitrogens is 1. The van der Waals surface area contributed by atoms with Crippen molar-refractivity contribution in [2.75, 3.05) is 5.32 Å². The van der Waals surface area contributed by atoms with Gasteiger partial charge in [0.05, 0.1) is 11.6 Å². The molecule has 1 saturated carbocycles. The van der Waals surface area contributed by atoms with E-state index >= 15 is 0 Å². The van der Waals surface area contributed by atoms with Gasteiger partial charge in [-0.25, -0.2) is 4.79 Å². The van der Waals surface area contributed by atoms with E-state index in [1.165, 1.54) is 6.20 Å². The Labute approximate surface area is 218 Å². The predicted molar refractivity (Wildman–Crippen MR) is 143 cm³/mol. The van der Waals surface area contributed by atoms with E-state index < -0.39 is 23.6 Å². The third-order valence-corrected chi connectivity index (χ3v) is 7.15. The summed E-state index contributed by atoms with van der Waals surface area (Å²) in [5.74, 6) is -0.343. The fourth-order valence-corrected chi connectivity index (χ4v) is 4.76. The largest absolute Gasteiger partial charge is 0.481 e. The molecule has 0 saturated heterocycles. The molecular formula is C30H25N3O5. The monoisotopic (exact) mass is 507 g/mol. The lowest BCUT2D eigenvalue weighted by Gasteiger charge is -2.13. The van der Waals surface area contributed by atoms with E-state index in [1.54, 1.807) is 0 Å². The molecule has 1 atom stereocenters. The zero-order chi connectivity index (χ0) is 26.3. The highest BCUT2D eigenvalue weighted by molar-refractivity contribution is 5.91. The Kier molecular flexibility index (Phi) is 5.72. The summed E-state index contributed by atoms with van der Waals surface area (Å²) in [6, 6.07) is 25.0. The molecule has 0 aliphatic heterocycles. The van der Waals surface area contributed by atoms with E-state index in [-0.39, 0.29) is 0 Å². The van der Waals surface area contributed by atoms with E-state index in [9.17, 15) is 14.7 Å². The molecule has 0 spiro atoms. The number of carbonyl (C=O) groups is 2. The van der Waals surface area contributed by atoms with Crippen LogP contribution < -0.4 is 5.32 Å². The fraction of sp³-hybridized carbons (Fsp3) is 0.167. The number of nitrogens with zero attached hydrogens (tertiary/aromatic N) is 1. The van der Waals surface area contributed by atoms with Gasteiger partial charge in [-0.3, -0.25) is 10.1 Å². The van der Waals surface area contributed by atoms with Crippen LogP contribution in [-0.2, 0) is 14.9 Å². The summed E-state index contributed by atoms with van der Waals surface area (Å²) < 4.78 is 10.9. The Hall–Kier alpha value is -4.85. The lowest BCUT2D eigenvalue weighted by molar-refractivity contribution is -0.140. The van der Waals surface area contributed by atoms with Crippen LogP contribution in [0.4, 0.5) is 10.5 Å². The minimum atomic E-state index is -0.764. The van der Waals surface area contributed by atoms with Crippen LogP contribution in [0.2, 0.25) is 0 Å². The number of aromatic nitrogens is 2. The van der Waals surface area contributed by atoms with Crippen LogP contribution in [0.3, 0.4) is 0 Å². The van der Waals surface area contributed by atoms with Gasteiger partial charge in [0.25, 0.3) is 0 Å². The van der Waals surface area contributed by atoms with Crippen molar-refractivity contribution in [3.63, 3.8) is 0 Å². The normalized spacial score (nSPS) is 14.7. The topological polar surface area (TPSA) is 117 Å². The Morgan fingerprint density at radius 2 is 1.76 bits per heavy atom. The highest BCUT2D eigenvalue weighted by Crippen LogP contribution is 2.49. The number of carboxylic acid groups (broad SMARTS) is 1. The van der Waals surface area contributed by atoms with Crippen molar-refractivity contribution in [2.24, 2.45) is 0 Å². The molecule has 8 heteroatoms. The molecule has 8 nitrogen and oxygen atoms in total. The van der Waals surface area contributed by atoms with E-state index in [0.29, 0.717) is 24.3 Å². The zero-order valence-electron chi connectivity index (χ0n) is 20.6. The molecule has 1 amide bonds. The van der Waals surface area contributed by atoms with Crippen molar-refractivity contribution in [3.8, 4) is 22.6 Å². The molecule has 2 heterocycles. The number of benzene rings is 3. The minimum Gasteiger partial charge on any atom is -0.481 e. The van der Waals surface area contributed by atoms with Gasteiger partial charge in [-0.05, 0) is 48.6 Å². The molecule has 1 fully saturated rings. The van der Waals surface area contributed by atoms with Gasteiger partial charge in [0.1, 0.15) is 11.8 Å². The van der Waals surface area contributed by atoms with Gasteiger partial charge in [-0.2, -0.15) is 0 Å². The van der Waals surface area contributed by atoms with Crippen LogP contribution >= 0.6 is 0 Å². The fourth-order valence-electron chi connectivity index (χ4n) is 4.76. The standard InChI is InChI=1S/C30H25N3O5/c1-18(19-5-3-2-4-6-19)37-29(36)33-26-17-31-38-27(26)21-9-7-20(8-10-21)24-15-22-11-12-23(16-25(22)32-24)30(13-14-30)28(34)35/h2-12,15-18,32H,13-14H2,1H3,(H,33,36)(H,34,35). The first kappa shape index (κ1) is 23.5. The van der Waals surface area contributed by atoms with Crippen LogP contribution in [0.1, 0.15) is 37.0 Å². The lowest BCUT2D eigenvalue weighted by Crippen LogP contribution is -2.19. The summed E-state index contributed by atoms with van der Waals surface area (Å²) in [7, 11) is 0. The molecule has 1 aliphatic rings. The van der Waals surface area contributed by atoms with Crippen molar-refractivity contribution >= 4 is 28.7 Å². The van der Waals surface area contributed by atoms with Crippen molar-refractivity contribution in [2.45, 2.75) is 31.3 Å². The maximum Gasteiger partial charge on any atom is 0.412 e. The van der Waals surface area contributed by atoms with Crippen molar-refractivity contribution in [1.82, 2.24) is 10.1 Å². The van der Waals surface area contributed by atoms with Gasteiger partial charge in [0.2, 0.25) is 0 Å². The number of carbonyl (C=O) groups excluding carboxylic acids is 1. The summed E-state index contributed by atoms with van der Waals surface area (Å²) in [4.78, 5) is 27.6. The van der Waals surface area contributed by atoms with Gasteiger partial charge in [0.15, 0.2) is 5.76 Å². The number of carboxylic acids is 1. The molecule has 3 aromatic carbocycles. The van der Waals surface area contributed by atoms with Crippen molar-refractivity contribution < 1.29 is 24.0 Å². The third kappa shape index (κ3) is 4.30. The highest BCUT2D eigenvalue weighted by Gasteiger charge is 2.51. The Morgan fingerprint density at radius 1 is 1.03 bits per heavy atom. The van der Waals surface area contributed by atoms with Crippen LogP contribution in [0.25, 0.3) is 33.5 Å². The molecule has 2 aromatic heterocycles. The number of aromatic amines is 1. The third-order valence-electron chi connectivity index (χ3n) is 7.15. The first-order chi connectivity index (χ1) is 18.4. The number of amides is 1. The molecule has 0 bridgehead atoms. The Morgan fingerprint density at radius 3 is 2.47 bits per heavy atom. The predicted octanol–water partition coefficient (Wildman–Crippen LogP) is 6.92. The number of aliphatic carboxylic acids is 1. The zero-order valence-corrected chi connectivity index (χ0v) is 20.6. The van der Waals surface area contributed by atoms with E-state index in [0.717, 1.165) is 38.9 Å². The summed E-state index contributed by atoms with van der Waals surface area (Å²) in [6.45, 7) is 1.81. The summed E-state index contributed by atoms with van der Waals surface area (Å²) in [6.07, 6.45) is 1.77. The molecule has 38 heavy (non-hydrogen) atoms. The molecule has 3 N–H and O–H groups in total. The van der Waals surface area contributed by atoms with E-state index in [1.807, 2.05) is 85.8 Å². The molecule has 190 valence electrons. The first-order valence-corrected chi connectivity index (χ1v) is 12.4. The quantitative estimate of drug-likeness (QED) is 0.220. The lowest BCUT2D eigenvalue weighted by atomic mass is 9.95. The molecule has 1 aliphatic carbocycles. The molecule has 0 radical (unpaired) electrons.